The van der Waals surface area contributed by atoms with Gasteiger partial charge in [0, 0.05) is 22.3 Å². The fourth-order valence-electron chi connectivity index (χ4n) is 3.05. The van der Waals surface area contributed by atoms with E-state index in [9.17, 15) is 18.4 Å². The van der Waals surface area contributed by atoms with Gasteiger partial charge in [-0.05, 0) is 45.1 Å². The molecule has 0 saturated carbocycles. The number of likely N-dealkylation sites (tertiary alicyclic amines) is 1. The van der Waals surface area contributed by atoms with Gasteiger partial charge in [0.2, 0.25) is 0 Å². The highest BCUT2D eigenvalue weighted by atomic mass is 19.1. The highest BCUT2D eigenvalue weighted by Crippen LogP contribution is 2.25. The minimum absolute atomic E-state index is 0.0311. The van der Waals surface area contributed by atoms with Crippen LogP contribution in [0.2, 0.25) is 0 Å². The summed E-state index contributed by atoms with van der Waals surface area (Å²) in [6, 6.07) is 12.1. The minimum atomic E-state index is -0.719. The van der Waals surface area contributed by atoms with Crippen molar-refractivity contribution >= 4 is 24.0 Å². The maximum atomic E-state index is 14.1. The average molecular weight is 411 g/mol. The van der Waals surface area contributed by atoms with Gasteiger partial charge >= 0.3 is 6.09 Å². The van der Waals surface area contributed by atoms with Gasteiger partial charge in [0.25, 0.3) is 0 Å². The molecule has 4 nitrogen and oxygen atoms in total. The van der Waals surface area contributed by atoms with Gasteiger partial charge in [0.05, 0.1) is 13.1 Å². The van der Waals surface area contributed by atoms with E-state index in [1.807, 2.05) is 0 Å². The number of carbonyl (C=O) groups excluding carboxylic acids is 2. The van der Waals surface area contributed by atoms with Crippen LogP contribution in [0, 0.1) is 11.6 Å². The van der Waals surface area contributed by atoms with Gasteiger partial charge in [-0.25, -0.2) is 13.6 Å². The molecule has 3 rings (SSSR count). The average Bonchev–Trinajstić information content (AvgIpc) is 2.66. The van der Waals surface area contributed by atoms with E-state index in [0.29, 0.717) is 0 Å². The monoisotopic (exact) mass is 411 g/mol. The SMILES string of the molecule is CC(C)(C)OC(=O)N1C/C(=C\c2ccccc2F)C(=O)/C(=C/c2ccccc2F)C1. The second kappa shape index (κ2) is 8.61. The van der Waals surface area contributed by atoms with E-state index in [-0.39, 0.29) is 41.1 Å². The van der Waals surface area contributed by atoms with Gasteiger partial charge in [-0.1, -0.05) is 36.4 Å². The molecule has 0 bridgehead atoms. The van der Waals surface area contributed by atoms with Gasteiger partial charge in [-0.15, -0.1) is 0 Å². The van der Waals surface area contributed by atoms with Crippen molar-refractivity contribution in [2.24, 2.45) is 0 Å². The first-order valence-corrected chi connectivity index (χ1v) is 9.57. The predicted octanol–water partition coefficient (Wildman–Crippen LogP) is 5.25. The first kappa shape index (κ1) is 21.4. The van der Waals surface area contributed by atoms with Crippen molar-refractivity contribution in [2.75, 3.05) is 13.1 Å². The lowest BCUT2D eigenvalue weighted by atomic mass is 9.94. The van der Waals surface area contributed by atoms with Crippen molar-refractivity contribution in [2.45, 2.75) is 26.4 Å². The Morgan fingerprint density at radius 3 is 1.73 bits per heavy atom. The van der Waals surface area contributed by atoms with E-state index < -0.39 is 23.3 Å². The number of halogens is 2. The summed E-state index contributed by atoms with van der Waals surface area (Å²) in [5.74, 6) is -1.32. The molecule has 30 heavy (non-hydrogen) atoms. The van der Waals surface area contributed by atoms with Crippen LogP contribution in [0.15, 0.2) is 59.7 Å². The molecule has 0 radical (unpaired) electrons. The maximum Gasteiger partial charge on any atom is 0.410 e. The van der Waals surface area contributed by atoms with Crippen LogP contribution in [-0.4, -0.2) is 35.5 Å². The third kappa shape index (κ3) is 5.20. The Morgan fingerprint density at radius 2 is 1.33 bits per heavy atom. The summed E-state index contributed by atoms with van der Waals surface area (Å²) in [5, 5.41) is 0. The lowest BCUT2D eigenvalue weighted by Crippen LogP contribution is -2.44. The number of amides is 1. The number of Topliss-reactive ketones (excluding diaryl/α,β-unsaturated/α-hetero) is 1. The maximum absolute atomic E-state index is 14.1. The summed E-state index contributed by atoms with van der Waals surface area (Å²) in [6.45, 7) is 5.16. The standard InChI is InChI=1S/C24H23F2NO3/c1-24(2,3)30-23(29)27-14-18(12-16-8-4-6-10-20(16)25)22(28)19(15-27)13-17-9-5-7-11-21(17)26/h4-13H,14-15H2,1-3H3/b18-12+,19-13+. The lowest BCUT2D eigenvalue weighted by molar-refractivity contribution is -0.113. The molecule has 0 aromatic heterocycles. The molecule has 0 atom stereocenters. The van der Waals surface area contributed by atoms with Crippen LogP contribution in [0.3, 0.4) is 0 Å². The number of nitrogens with zero attached hydrogens (tertiary/aromatic N) is 1. The largest absolute Gasteiger partial charge is 0.444 e. The summed E-state index contributed by atoms with van der Waals surface area (Å²) in [4.78, 5) is 27.0. The summed E-state index contributed by atoms with van der Waals surface area (Å²) >= 11 is 0. The van der Waals surface area contributed by atoms with Crippen LogP contribution in [0.25, 0.3) is 12.2 Å². The second-order valence-electron chi connectivity index (χ2n) is 8.05. The summed E-state index contributed by atoms with van der Waals surface area (Å²) < 4.78 is 33.7. The molecule has 1 saturated heterocycles. The smallest absolute Gasteiger partial charge is 0.410 e. The van der Waals surface area contributed by atoms with E-state index in [0.717, 1.165) is 0 Å². The Balaban J connectivity index is 2.02. The highest BCUT2D eigenvalue weighted by molar-refractivity contribution is 6.15. The molecule has 2 aromatic carbocycles. The van der Waals surface area contributed by atoms with Crippen molar-refractivity contribution in [3.8, 4) is 0 Å². The minimum Gasteiger partial charge on any atom is -0.444 e. The third-order valence-corrected chi connectivity index (χ3v) is 4.43. The van der Waals surface area contributed by atoms with E-state index in [1.165, 1.54) is 29.2 Å². The number of carbonyl (C=O) groups is 2. The zero-order valence-electron chi connectivity index (χ0n) is 17.1. The first-order valence-electron chi connectivity index (χ1n) is 9.57. The lowest BCUT2D eigenvalue weighted by Gasteiger charge is -2.32. The number of hydrogen-bond acceptors (Lipinski definition) is 3. The molecular formula is C24H23F2NO3. The Bertz CT molecular complexity index is 967. The molecule has 0 N–H and O–H groups in total. The number of ketones is 1. The van der Waals surface area contributed by atoms with Crippen LogP contribution >= 0.6 is 0 Å². The van der Waals surface area contributed by atoms with E-state index >= 15 is 0 Å². The van der Waals surface area contributed by atoms with E-state index in [4.69, 9.17) is 4.74 Å². The highest BCUT2D eigenvalue weighted by Gasteiger charge is 2.32. The fourth-order valence-corrected chi connectivity index (χ4v) is 3.05. The van der Waals surface area contributed by atoms with Crippen LogP contribution in [0.5, 0.6) is 0 Å². The van der Waals surface area contributed by atoms with Crippen molar-refractivity contribution < 1.29 is 23.1 Å². The van der Waals surface area contributed by atoms with Gasteiger partial charge in [0.1, 0.15) is 17.2 Å². The number of rotatable bonds is 2. The van der Waals surface area contributed by atoms with Crippen molar-refractivity contribution in [3.63, 3.8) is 0 Å². The zero-order chi connectivity index (χ0) is 21.9. The van der Waals surface area contributed by atoms with Crippen LogP contribution in [0.4, 0.5) is 13.6 Å². The van der Waals surface area contributed by atoms with Crippen molar-refractivity contribution in [1.29, 1.82) is 0 Å². The fraction of sp³-hybridized carbons (Fsp3) is 0.250. The Hall–Kier alpha value is -3.28. The predicted molar refractivity (Wildman–Crippen MR) is 112 cm³/mol. The summed E-state index contributed by atoms with van der Waals surface area (Å²) in [7, 11) is 0. The van der Waals surface area contributed by atoms with Gasteiger partial charge in [0.15, 0.2) is 5.78 Å². The third-order valence-electron chi connectivity index (χ3n) is 4.43. The summed E-state index contributed by atoms with van der Waals surface area (Å²) in [6.07, 6.45) is 2.24. The number of benzene rings is 2. The number of hydrogen-bond donors (Lipinski definition) is 0. The van der Waals surface area contributed by atoms with Crippen LogP contribution < -0.4 is 0 Å². The molecule has 1 fully saturated rings. The molecule has 6 heteroatoms. The van der Waals surface area contributed by atoms with Gasteiger partial charge in [-0.2, -0.15) is 0 Å². The molecule has 1 aliphatic heterocycles. The molecule has 1 aliphatic rings. The first-order chi connectivity index (χ1) is 14.1. The molecule has 156 valence electrons. The van der Waals surface area contributed by atoms with E-state index in [2.05, 4.69) is 0 Å². The zero-order valence-corrected chi connectivity index (χ0v) is 17.1. The van der Waals surface area contributed by atoms with Crippen molar-refractivity contribution in [3.05, 3.63) is 82.4 Å². The van der Waals surface area contributed by atoms with Gasteiger partial charge < -0.3 is 4.74 Å². The van der Waals surface area contributed by atoms with E-state index in [1.54, 1.807) is 57.2 Å². The molecule has 1 amide bonds. The van der Waals surface area contributed by atoms with Crippen molar-refractivity contribution in [1.82, 2.24) is 4.90 Å². The molecular weight excluding hydrogens is 388 g/mol. The normalized spacial score (nSPS) is 17.5. The molecule has 0 spiro atoms. The second-order valence-corrected chi connectivity index (χ2v) is 8.05. The van der Waals surface area contributed by atoms with Gasteiger partial charge in [-0.3, -0.25) is 9.69 Å². The van der Waals surface area contributed by atoms with Crippen LogP contribution in [-0.2, 0) is 9.53 Å². The molecule has 2 aromatic rings. The Labute approximate surface area is 174 Å². The quantitative estimate of drug-likeness (QED) is 0.634. The number of piperidine rings is 1. The number of ether oxygens (including phenoxy) is 1. The molecule has 1 heterocycles. The summed E-state index contributed by atoms with van der Waals surface area (Å²) in [5.41, 5.74) is 0.192. The topological polar surface area (TPSA) is 46.6 Å². The molecule has 0 aliphatic carbocycles. The van der Waals surface area contributed by atoms with Crippen LogP contribution in [0.1, 0.15) is 31.9 Å². The molecule has 0 unspecified atom stereocenters. The Morgan fingerprint density at radius 1 is 0.900 bits per heavy atom. The Kier molecular flexibility index (Phi) is 6.15.